The van der Waals surface area contributed by atoms with Crippen molar-refractivity contribution >= 4 is 0 Å². The average Bonchev–Trinajstić information content (AvgIpc) is 2.53. The van der Waals surface area contributed by atoms with Gasteiger partial charge >= 0.3 is 0 Å². The third kappa shape index (κ3) is 2.15. The number of hydrogen-bond acceptors (Lipinski definition) is 2. The van der Waals surface area contributed by atoms with Gasteiger partial charge in [0.15, 0.2) is 0 Å². The molecule has 0 saturated carbocycles. The van der Waals surface area contributed by atoms with Crippen LogP contribution in [0.1, 0.15) is 37.7 Å². The van der Waals surface area contributed by atoms with Crippen molar-refractivity contribution in [3.63, 3.8) is 0 Å². The van der Waals surface area contributed by atoms with Crippen molar-refractivity contribution < 1.29 is 0 Å². The van der Waals surface area contributed by atoms with Crippen molar-refractivity contribution in [1.82, 2.24) is 15.1 Å². The van der Waals surface area contributed by atoms with Gasteiger partial charge in [-0.25, -0.2) is 0 Å². The van der Waals surface area contributed by atoms with Crippen molar-refractivity contribution in [2.24, 2.45) is 0 Å². The van der Waals surface area contributed by atoms with Gasteiger partial charge in [0.25, 0.3) is 0 Å². The molecule has 0 aromatic carbocycles. The summed E-state index contributed by atoms with van der Waals surface area (Å²) in [7, 11) is 0. The van der Waals surface area contributed by atoms with Crippen LogP contribution in [0.5, 0.6) is 0 Å². The average molecular weight is 193 g/mol. The molecular weight excluding hydrogens is 174 g/mol. The maximum atomic E-state index is 4.34. The predicted octanol–water partition coefficient (Wildman–Crippen LogP) is 1.76. The molecule has 1 aliphatic heterocycles. The molecule has 1 N–H and O–H groups in total. The van der Waals surface area contributed by atoms with E-state index in [4.69, 9.17) is 0 Å². The molecule has 1 saturated heterocycles. The van der Waals surface area contributed by atoms with Gasteiger partial charge < -0.3 is 5.32 Å². The molecule has 2 rings (SSSR count). The van der Waals surface area contributed by atoms with Crippen molar-refractivity contribution in [2.75, 3.05) is 13.1 Å². The van der Waals surface area contributed by atoms with Gasteiger partial charge in [0.2, 0.25) is 0 Å². The molecule has 1 unspecified atom stereocenters. The first-order chi connectivity index (χ1) is 6.90. The molecule has 3 nitrogen and oxygen atoms in total. The van der Waals surface area contributed by atoms with E-state index in [9.17, 15) is 0 Å². The Kier molecular flexibility index (Phi) is 3.19. The molecule has 3 heteroatoms. The topological polar surface area (TPSA) is 29.9 Å². The Labute approximate surface area is 85.5 Å². The highest BCUT2D eigenvalue weighted by atomic mass is 15.3. The second kappa shape index (κ2) is 4.60. The summed E-state index contributed by atoms with van der Waals surface area (Å²) in [5.41, 5.74) is 1.43. The number of aromatic nitrogens is 2. The third-order valence-corrected chi connectivity index (χ3v) is 3.02. The van der Waals surface area contributed by atoms with Crippen LogP contribution in [0.3, 0.4) is 0 Å². The van der Waals surface area contributed by atoms with Gasteiger partial charge in [0, 0.05) is 12.7 Å². The second-order valence-corrected chi connectivity index (χ2v) is 4.01. The molecule has 0 radical (unpaired) electrons. The van der Waals surface area contributed by atoms with Gasteiger partial charge in [-0.05, 0) is 50.8 Å². The minimum atomic E-state index is 0.727. The molecule has 1 atom stereocenters. The van der Waals surface area contributed by atoms with Crippen LogP contribution >= 0.6 is 0 Å². The highest BCUT2D eigenvalue weighted by Crippen LogP contribution is 2.25. The molecular formula is C11H19N3. The summed E-state index contributed by atoms with van der Waals surface area (Å²) in [6.07, 6.45) is 8.11. The Morgan fingerprint density at radius 3 is 3.21 bits per heavy atom. The summed E-state index contributed by atoms with van der Waals surface area (Å²) < 4.78 is 2.02. The highest BCUT2D eigenvalue weighted by molar-refractivity contribution is 5.11. The van der Waals surface area contributed by atoms with Crippen LogP contribution in [0.25, 0.3) is 0 Å². The third-order valence-electron chi connectivity index (χ3n) is 3.02. The second-order valence-electron chi connectivity index (χ2n) is 4.01. The van der Waals surface area contributed by atoms with Crippen molar-refractivity contribution in [2.45, 2.75) is 38.6 Å². The first-order valence-electron chi connectivity index (χ1n) is 5.63. The van der Waals surface area contributed by atoms with Gasteiger partial charge in [-0.15, -0.1) is 0 Å². The van der Waals surface area contributed by atoms with E-state index in [0.29, 0.717) is 0 Å². The minimum Gasteiger partial charge on any atom is -0.317 e. The first-order valence-corrected chi connectivity index (χ1v) is 5.63. The zero-order chi connectivity index (χ0) is 9.80. The molecule has 1 fully saturated rings. The van der Waals surface area contributed by atoms with Crippen molar-refractivity contribution in [3.8, 4) is 0 Å². The van der Waals surface area contributed by atoms with E-state index in [0.717, 1.165) is 19.0 Å². The molecule has 0 bridgehead atoms. The van der Waals surface area contributed by atoms with Crippen molar-refractivity contribution in [3.05, 3.63) is 18.0 Å². The fourth-order valence-electron chi connectivity index (χ4n) is 2.12. The summed E-state index contributed by atoms with van der Waals surface area (Å²) in [5.74, 6) is 0.727. The van der Waals surface area contributed by atoms with E-state index in [1.165, 1.54) is 31.4 Å². The summed E-state index contributed by atoms with van der Waals surface area (Å²) in [6.45, 7) is 5.44. The number of aryl methyl sites for hydroxylation is 1. The Hall–Kier alpha value is -0.830. The van der Waals surface area contributed by atoms with Crippen LogP contribution in [0, 0.1) is 0 Å². The van der Waals surface area contributed by atoms with Gasteiger partial charge in [0.1, 0.15) is 0 Å². The lowest BCUT2D eigenvalue weighted by atomic mass is 9.95. The SMILES string of the molecule is CCn1cc(C2CCCNCC2)cn1. The van der Waals surface area contributed by atoms with E-state index in [1.807, 2.05) is 10.9 Å². The molecule has 1 aliphatic rings. The zero-order valence-electron chi connectivity index (χ0n) is 8.87. The first kappa shape index (κ1) is 9.71. The van der Waals surface area contributed by atoms with E-state index < -0.39 is 0 Å². The van der Waals surface area contributed by atoms with Crippen LogP contribution < -0.4 is 5.32 Å². The number of nitrogens with one attached hydrogen (secondary N) is 1. The molecule has 0 aliphatic carbocycles. The van der Waals surface area contributed by atoms with Gasteiger partial charge in [-0.1, -0.05) is 0 Å². The summed E-state index contributed by atoms with van der Waals surface area (Å²) >= 11 is 0. The van der Waals surface area contributed by atoms with E-state index in [2.05, 4.69) is 23.5 Å². The summed E-state index contributed by atoms with van der Waals surface area (Å²) in [4.78, 5) is 0. The number of hydrogen-bond donors (Lipinski definition) is 1. The fourth-order valence-corrected chi connectivity index (χ4v) is 2.12. The lowest BCUT2D eigenvalue weighted by molar-refractivity contribution is 0.606. The zero-order valence-corrected chi connectivity index (χ0v) is 8.87. The molecule has 14 heavy (non-hydrogen) atoms. The lowest BCUT2D eigenvalue weighted by Crippen LogP contribution is -2.13. The highest BCUT2D eigenvalue weighted by Gasteiger charge is 2.15. The molecule has 1 aromatic rings. The van der Waals surface area contributed by atoms with Crippen LogP contribution in [-0.2, 0) is 6.54 Å². The van der Waals surface area contributed by atoms with Crippen LogP contribution in [-0.4, -0.2) is 22.9 Å². The van der Waals surface area contributed by atoms with E-state index in [-0.39, 0.29) is 0 Å². The quantitative estimate of drug-likeness (QED) is 0.775. The largest absolute Gasteiger partial charge is 0.317 e. The van der Waals surface area contributed by atoms with Gasteiger partial charge in [0.05, 0.1) is 6.20 Å². The Balaban J connectivity index is 2.04. The number of rotatable bonds is 2. The maximum Gasteiger partial charge on any atom is 0.0524 e. The standard InChI is InChI=1S/C11H19N3/c1-2-14-9-11(8-13-14)10-4-3-6-12-7-5-10/h8-10,12H,2-7H2,1H3. The van der Waals surface area contributed by atoms with Crippen LogP contribution in [0.4, 0.5) is 0 Å². The molecule has 78 valence electrons. The van der Waals surface area contributed by atoms with E-state index >= 15 is 0 Å². The Morgan fingerprint density at radius 2 is 2.43 bits per heavy atom. The monoisotopic (exact) mass is 193 g/mol. The maximum absolute atomic E-state index is 4.34. The normalized spacial score (nSPS) is 23.4. The summed E-state index contributed by atoms with van der Waals surface area (Å²) in [5, 5.41) is 7.78. The smallest absolute Gasteiger partial charge is 0.0524 e. The Morgan fingerprint density at radius 1 is 1.50 bits per heavy atom. The minimum absolute atomic E-state index is 0.727. The van der Waals surface area contributed by atoms with Gasteiger partial charge in [-0.3, -0.25) is 4.68 Å². The van der Waals surface area contributed by atoms with Crippen LogP contribution in [0.2, 0.25) is 0 Å². The van der Waals surface area contributed by atoms with Crippen LogP contribution in [0.15, 0.2) is 12.4 Å². The Bertz CT molecular complexity index is 272. The predicted molar refractivity (Wildman–Crippen MR) is 57.4 cm³/mol. The van der Waals surface area contributed by atoms with E-state index in [1.54, 1.807) is 0 Å². The van der Waals surface area contributed by atoms with Gasteiger partial charge in [-0.2, -0.15) is 5.10 Å². The van der Waals surface area contributed by atoms with Crippen molar-refractivity contribution in [1.29, 1.82) is 0 Å². The lowest BCUT2D eigenvalue weighted by Gasteiger charge is -2.10. The fraction of sp³-hybridized carbons (Fsp3) is 0.727. The molecule has 0 spiro atoms. The number of nitrogens with zero attached hydrogens (tertiary/aromatic N) is 2. The summed E-state index contributed by atoms with van der Waals surface area (Å²) in [6, 6.07) is 0. The molecule has 0 amide bonds. The molecule has 1 aromatic heterocycles. The molecule has 2 heterocycles.